The maximum Gasteiger partial charge on any atom is 0.400 e. The van der Waals surface area contributed by atoms with Gasteiger partial charge in [-0.3, -0.25) is 9.35 Å². The van der Waals surface area contributed by atoms with Gasteiger partial charge in [0.05, 0.1) is 0 Å². The summed E-state index contributed by atoms with van der Waals surface area (Å²) in [4.78, 5) is 12.3. The zero-order chi connectivity index (χ0) is 18.0. The summed E-state index contributed by atoms with van der Waals surface area (Å²) in [7, 11) is -4.72. The van der Waals surface area contributed by atoms with Crippen LogP contribution in [0, 0.1) is 5.41 Å². The third-order valence-corrected chi connectivity index (χ3v) is 6.91. The molecular weight excluding hydrogens is 344 g/mol. The van der Waals surface area contributed by atoms with Crippen molar-refractivity contribution < 1.29 is 27.1 Å². The van der Waals surface area contributed by atoms with Crippen LogP contribution in [0.2, 0.25) is 0 Å². The number of carbonyl (C=O) groups is 1. The lowest BCUT2D eigenvalue weighted by atomic mass is 9.64. The predicted molar refractivity (Wildman–Crippen MR) is 89.5 cm³/mol. The first-order valence-electron chi connectivity index (χ1n) is 8.69. The first-order valence-corrected chi connectivity index (χ1v) is 10.1. The number of ketones is 1. The average Bonchev–Trinajstić information content (AvgIpc) is 2.80. The van der Waals surface area contributed by atoms with Crippen LogP contribution in [0.4, 0.5) is 0 Å². The fraction of sp³-hybridized carbons (Fsp3) is 0.611. The second kappa shape index (κ2) is 5.36. The summed E-state index contributed by atoms with van der Waals surface area (Å²) >= 11 is 0. The number of hydrogen-bond acceptors (Lipinski definition) is 5. The highest BCUT2D eigenvalue weighted by molar-refractivity contribution is 7.80. The molecule has 0 radical (unpaired) electrons. The normalized spacial score (nSPS) is 34.4. The number of hydrogen-bond donors (Lipinski definition) is 2. The van der Waals surface area contributed by atoms with Gasteiger partial charge in [0.1, 0.15) is 5.78 Å². The number of Topliss-reactive ketones (excluding diaryl/α,β-unsaturated/α-hetero) is 1. The summed E-state index contributed by atoms with van der Waals surface area (Å²) in [6.45, 7) is 2.08. The molecule has 0 saturated heterocycles. The van der Waals surface area contributed by atoms with E-state index in [1.807, 2.05) is 12.1 Å². The summed E-state index contributed by atoms with van der Waals surface area (Å²) in [5, 5.41) is 10.4. The minimum absolute atomic E-state index is 0.0241. The molecule has 3 atom stereocenters. The number of carbonyl (C=O) groups excluding carboxylic acids is 1. The van der Waals surface area contributed by atoms with E-state index in [-0.39, 0.29) is 24.2 Å². The van der Waals surface area contributed by atoms with Crippen LogP contribution < -0.4 is 0 Å². The van der Waals surface area contributed by atoms with E-state index < -0.39 is 16.2 Å². The van der Waals surface area contributed by atoms with E-state index >= 15 is 0 Å². The molecule has 0 bridgehead atoms. The van der Waals surface area contributed by atoms with Crippen LogP contribution in [0.1, 0.15) is 60.8 Å². The summed E-state index contributed by atoms with van der Waals surface area (Å²) in [5.41, 5.74) is 4.22. The fourth-order valence-corrected chi connectivity index (χ4v) is 5.64. The van der Waals surface area contributed by atoms with Crippen LogP contribution in [0.25, 0.3) is 0 Å². The molecule has 1 aromatic carbocycles. The smallest absolute Gasteiger partial charge is 0.364 e. The highest BCUT2D eigenvalue weighted by Crippen LogP contribution is 2.54. The summed E-state index contributed by atoms with van der Waals surface area (Å²) in [5.74, 6) is -1.29. The Morgan fingerprint density at radius 1 is 1.16 bits per heavy atom. The van der Waals surface area contributed by atoms with E-state index in [0.717, 1.165) is 30.4 Å². The minimum atomic E-state index is -4.72. The Morgan fingerprint density at radius 2 is 1.88 bits per heavy atom. The molecule has 4 rings (SSSR count). The van der Waals surface area contributed by atoms with Crippen molar-refractivity contribution >= 4 is 16.2 Å². The van der Waals surface area contributed by atoms with E-state index in [1.165, 1.54) is 11.1 Å². The number of fused-ring (bicyclic) bond motifs is 5. The molecular formula is C18H22O6S. The second-order valence-corrected chi connectivity index (χ2v) is 8.86. The molecule has 3 aliphatic rings. The van der Waals surface area contributed by atoms with E-state index in [9.17, 15) is 18.3 Å². The van der Waals surface area contributed by atoms with Crippen LogP contribution in [0.15, 0.2) is 12.1 Å². The Bertz CT molecular complexity index is 861. The monoisotopic (exact) mass is 366 g/mol. The topological polar surface area (TPSA) is 101 Å². The van der Waals surface area contributed by atoms with Gasteiger partial charge in [0.2, 0.25) is 0 Å². The van der Waals surface area contributed by atoms with Crippen molar-refractivity contribution in [2.75, 3.05) is 0 Å². The molecule has 1 saturated carbocycles. The van der Waals surface area contributed by atoms with Crippen molar-refractivity contribution in [3.8, 4) is 0 Å². The van der Waals surface area contributed by atoms with Gasteiger partial charge in [0, 0.05) is 24.7 Å². The number of benzene rings is 1. The molecule has 0 aliphatic heterocycles. The molecule has 0 aromatic heterocycles. The highest BCUT2D eigenvalue weighted by atomic mass is 32.3. The van der Waals surface area contributed by atoms with E-state index in [1.54, 1.807) is 0 Å². The molecule has 0 spiro atoms. The zero-order valence-corrected chi connectivity index (χ0v) is 14.9. The third kappa shape index (κ3) is 2.73. The van der Waals surface area contributed by atoms with Crippen molar-refractivity contribution in [2.45, 2.75) is 63.6 Å². The molecule has 1 unspecified atom stereocenters. The van der Waals surface area contributed by atoms with Crippen molar-refractivity contribution in [2.24, 2.45) is 5.41 Å². The van der Waals surface area contributed by atoms with Crippen LogP contribution in [0.5, 0.6) is 0 Å². The number of rotatable bonds is 2. The van der Waals surface area contributed by atoms with Crippen LogP contribution in [-0.4, -0.2) is 29.6 Å². The standard InChI is InChI=1S/C18H22O6S/c1-17-8-6-13-12-7-9-18(20,24-25(21,22)23)10-11(12)2-3-14(13)15(17)4-5-16(17)19/h2-3,15,20H,4-10H2,1H3,(H,21,22,23)/t15-,17-,18?/m0/s1. The lowest BCUT2D eigenvalue weighted by Gasteiger charge is -2.40. The highest BCUT2D eigenvalue weighted by Gasteiger charge is 2.50. The Hall–Kier alpha value is -1.28. The molecule has 1 aromatic rings. The van der Waals surface area contributed by atoms with Crippen molar-refractivity contribution in [3.05, 3.63) is 34.4 Å². The zero-order valence-electron chi connectivity index (χ0n) is 14.1. The van der Waals surface area contributed by atoms with Crippen LogP contribution in [0.3, 0.4) is 0 Å². The maximum atomic E-state index is 12.3. The van der Waals surface area contributed by atoms with Gasteiger partial charge < -0.3 is 5.11 Å². The molecule has 3 aliphatic carbocycles. The fourth-order valence-electron chi connectivity index (χ4n) is 5.10. The lowest BCUT2D eigenvalue weighted by Crippen LogP contribution is -2.41. The van der Waals surface area contributed by atoms with Crippen LogP contribution >= 0.6 is 0 Å². The quantitative estimate of drug-likeness (QED) is 0.614. The van der Waals surface area contributed by atoms with Gasteiger partial charge in [0.25, 0.3) is 0 Å². The molecule has 136 valence electrons. The SMILES string of the molecule is C[C@]12CCc3c(ccc4c3CCC(O)(OS(=O)(=O)O)C4)[C@@H]1CCC2=O. The average molecular weight is 366 g/mol. The van der Waals surface area contributed by atoms with Gasteiger partial charge in [-0.25, -0.2) is 4.18 Å². The minimum Gasteiger partial charge on any atom is -0.364 e. The van der Waals surface area contributed by atoms with Gasteiger partial charge in [-0.2, -0.15) is 8.42 Å². The summed E-state index contributed by atoms with van der Waals surface area (Å²) < 4.78 is 35.4. The van der Waals surface area contributed by atoms with Crippen LogP contribution in [-0.2, 0) is 38.6 Å². The lowest BCUT2D eigenvalue weighted by molar-refractivity contribution is -0.145. The van der Waals surface area contributed by atoms with Crippen molar-refractivity contribution in [3.63, 3.8) is 0 Å². The number of aliphatic hydroxyl groups is 1. The third-order valence-electron chi connectivity index (χ3n) is 6.39. The molecule has 7 heteroatoms. The molecule has 0 heterocycles. The van der Waals surface area contributed by atoms with Gasteiger partial charge in [-0.15, -0.1) is 0 Å². The Labute approximate surface area is 147 Å². The molecule has 25 heavy (non-hydrogen) atoms. The summed E-state index contributed by atoms with van der Waals surface area (Å²) in [6.07, 6.45) is 3.81. The molecule has 1 fully saturated rings. The first-order chi connectivity index (χ1) is 11.6. The maximum absolute atomic E-state index is 12.3. The second-order valence-electron chi connectivity index (χ2n) is 7.84. The Morgan fingerprint density at radius 3 is 2.60 bits per heavy atom. The van der Waals surface area contributed by atoms with Gasteiger partial charge in [0.15, 0.2) is 5.79 Å². The van der Waals surface area contributed by atoms with Gasteiger partial charge in [-0.05, 0) is 53.9 Å². The van der Waals surface area contributed by atoms with E-state index in [2.05, 4.69) is 11.1 Å². The largest absolute Gasteiger partial charge is 0.400 e. The van der Waals surface area contributed by atoms with E-state index in [4.69, 9.17) is 4.55 Å². The van der Waals surface area contributed by atoms with Crippen molar-refractivity contribution in [1.29, 1.82) is 0 Å². The Balaban J connectivity index is 1.70. The molecule has 0 amide bonds. The van der Waals surface area contributed by atoms with Gasteiger partial charge >= 0.3 is 10.4 Å². The molecule has 2 N–H and O–H groups in total. The first kappa shape index (κ1) is 17.1. The van der Waals surface area contributed by atoms with Gasteiger partial charge in [-0.1, -0.05) is 19.1 Å². The Kier molecular flexibility index (Phi) is 3.68. The predicted octanol–water partition coefficient (Wildman–Crippen LogP) is 2.08. The summed E-state index contributed by atoms with van der Waals surface area (Å²) in [6, 6.07) is 3.92. The van der Waals surface area contributed by atoms with Crippen molar-refractivity contribution in [1.82, 2.24) is 0 Å². The molecule has 6 nitrogen and oxygen atoms in total. The van der Waals surface area contributed by atoms with E-state index in [0.29, 0.717) is 18.6 Å².